The van der Waals surface area contributed by atoms with E-state index < -0.39 is 0 Å². The lowest BCUT2D eigenvalue weighted by atomic mass is 9.98. The number of benzene rings is 1. The van der Waals surface area contributed by atoms with Crippen molar-refractivity contribution in [3.8, 4) is 0 Å². The van der Waals surface area contributed by atoms with Gasteiger partial charge in [0.25, 0.3) is 0 Å². The Morgan fingerprint density at radius 1 is 1.42 bits per heavy atom. The zero-order chi connectivity index (χ0) is 14.0. The molecule has 0 amide bonds. The van der Waals surface area contributed by atoms with Gasteiger partial charge in [0.1, 0.15) is 5.82 Å². The van der Waals surface area contributed by atoms with Gasteiger partial charge in [0.15, 0.2) is 0 Å². The van der Waals surface area contributed by atoms with Gasteiger partial charge in [-0.05, 0) is 38.0 Å². The summed E-state index contributed by atoms with van der Waals surface area (Å²) in [7, 11) is 1.90. The highest BCUT2D eigenvalue weighted by molar-refractivity contribution is 5.30. The fraction of sp³-hybridized carbons (Fsp3) is 0.357. The molecular weight excluding hydrogens is 243 g/mol. The molecule has 0 spiro atoms. The summed E-state index contributed by atoms with van der Waals surface area (Å²) >= 11 is 0. The van der Waals surface area contributed by atoms with E-state index in [2.05, 4.69) is 10.5 Å². The summed E-state index contributed by atoms with van der Waals surface area (Å²) in [6.45, 7) is 3.96. The lowest BCUT2D eigenvalue weighted by Crippen LogP contribution is -2.30. The topological polar surface area (TPSA) is 55.9 Å². The van der Waals surface area contributed by atoms with E-state index in [1.807, 2.05) is 31.6 Å². The molecule has 5 heteroatoms. The largest absolute Gasteiger partial charge is 0.272 e. The Bertz CT molecular complexity index is 577. The maximum atomic E-state index is 13.2. The summed E-state index contributed by atoms with van der Waals surface area (Å²) in [4.78, 5) is 0. The van der Waals surface area contributed by atoms with E-state index in [9.17, 15) is 4.39 Å². The van der Waals surface area contributed by atoms with Crippen LogP contribution in [-0.2, 0) is 13.5 Å². The van der Waals surface area contributed by atoms with Crippen LogP contribution in [0.2, 0.25) is 0 Å². The fourth-order valence-corrected chi connectivity index (χ4v) is 2.44. The van der Waals surface area contributed by atoms with Gasteiger partial charge in [0.2, 0.25) is 0 Å². The van der Waals surface area contributed by atoms with Gasteiger partial charge in [-0.1, -0.05) is 12.1 Å². The van der Waals surface area contributed by atoms with Crippen LogP contribution in [0.1, 0.15) is 28.6 Å². The lowest BCUT2D eigenvalue weighted by molar-refractivity contribution is 0.543. The molecule has 1 aromatic heterocycles. The van der Waals surface area contributed by atoms with Crippen LogP contribution in [0.25, 0.3) is 0 Å². The molecule has 0 bridgehead atoms. The second kappa shape index (κ2) is 5.50. The van der Waals surface area contributed by atoms with Gasteiger partial charge >= 0.3 is 0 Å². The highest BCUT2D eigenvalue weighted by Crippen LogP contribution is 2.24. The number of rotatable bonds is 4. The van der Waals surface area contributed by atoms with Gasteiger partial charge in [-0.2, -0.15) is 5.10 Å². The van der Waals surface area contributed by atoms with Crippen molar-refractivity contribution in [3.05, 3.63) is 52.6 Å². The van der Waals surface area contributed by atoms with Crippen molar-refractivity contribution in [2.75, 3.05) is 0 Å². The molecule has 0 aliphatic heterocycles. The molecular formula is C14H19FN4. The van der Waals surface area contributed by atoms with Crippen molar-refractivity contribution in [3.63, 3.8) is 0 Å². The minimum Gasteiger partial charge on any atom is -0.272 e. The summed E-state index contributed by atoms with van der Waals surface area (Å²) < 4.78 is 15.1. The molecule has 1 heterocycles. The number of nitrogens with zero attached hydrogens (tertiary/aromatic N) is 2. The number of aromatic nitrogens is 2. The summed E-state index contributed by atoms with van der Waals surface area (Å²) in [6.07, 6.45) is 0.627. The van der Waals surface area contributed by atoms with Crippen molar-refractivity contribution in [1.29, 1.82) is 0 Å². The van der Waals surface area contributed by atoms with Gasteiger partial charge in [-0.3, -0.25) is 16.0 Å². The van der Waals surface area contributed by atoms with Crippen molar-refractivity contribution < 1.29 is 4.39 Å². The van der Waals surface area contributed by atoms with Crippen LogP contribution in [0.5, 0.6) is 0 Å². The number of nitrogens with two attached hydrogens (primary N) is 1. The predicted octanol–water partition coefficient (Wildman–Crippen LogP) is 1.92. The third kappa shape index (κ3) is 2.83. The fourth-order valence-electron chi connectivity index (χ4n) is 2.44. The first-order chi connectivity index (χ1) is 9.02. The van der Waals surface area contributed by atoms with Crippen molar-refractivity contribution in [2.45, 2.75) is 26.3 Å². The standard InChI is InChI=1S/C14H19FN4/c1-9-14(10(2)19(3)18-9)13(17-16)8-11-5-4-6-12(15)7-11/h4-7,13,17H,8,16H2,1-3H3. The normalized spacial score (nSPS) is 12.7. The molecule has 3 N–H and O–H groups in total. The molecule has 2 aromatic rings. The third-order valence-electron chi connectivity index (χ3n) is 3.44. The van der Waals surface area contributed by atoms with Crippen LogP contribution in [0, 0.1) is 19.7 Å². The highest BCUT2D eigenvalue weighted by atomic mass is 19.1. The molecule has 0 saturated carbocycles. The van der Waals surface area contributed by atoms with E-state index in [4.69, 9.17) is 5.84 Å². The first kappa shape index (κ1) is 13.7. The Hall–Kier alpha value is -1.72. The van der Waals surface area contributed by atoms with Gasteiger partial charge in [0.05, 0.1) is 11.7 Å². The van der Waals surface area contributed by atoms with Gasteiger partial charge in [0, 0.05) is 18.3 Å². The first-order valence-electron chi connectivity index (χ1n) is 6.23. The minimum absolute atomic E-state index is 0.0736. The lowest BCUT2D eigenvalue weighted by Gasteiger charge is -2.17. The SMILES string of the molecule is Cc1nn(C)c(C)c1C(Cc1cccc(F)c1)NN. The van der Waals surface area contributed by atoms with E-state index in [0.29, 0.717) is 6.42 Å². The molecule has 19 heavy (non-hydrogen) atoms. The summed E-state index contributed by atoms with van der Waals surface area (Å²) in [5.74, 6) is 5.43. The Kier molecular flexibility index (Phi) is 3.97. The van der Waals surface area contributed by atoms with Crippen LogP contribution < -0.4 is 11.3 Å². The number of aryl methyl sites for hydroxylation is 2. The predicted molar refractivity (Wildman–Crippen MR) is 72.9 cm³/mol. The van der Waals surface area contributed by atoms with E-state index >= 15 is 0 Å². The molecule has 1 atom stereocenters. The maximum Gasteiger partial charge on any atom is 0.123 e. The van der Waals surface area contributed by atoms with E-state index in [-0.39, 0.29) is 11.9 Å². The monoisotopic (exact) mass is 262 g/mol. The van der Waals surface area contributed by atoms with Crippen molar-refractivity contribution >= 4 is 0 Å². The Labute approximate surface area is 112 Å². The number of hydrazine groups is 1. The quantitative estimate of drug-likeness (QED) is 0.654. The average molecular weight is 262 g/mol. The number of hydrogen-bond acceptors (Lipinski definition) is 3. The van der Waals surface area contributed by atoms with Crippen LogP contribution in [0.3, 0.4) is 0 Å². The Balaban J connectivity index is 2.30. The number of hydrogen-bond donors (Lipinski definition) is 2. The molecule has 102 valence electrons. The van der Waals surface area contributed by atoms with Crippen LogP contribution >= 0.6 is 0 Å². The molecule has 0 saturated heterocycles. The zero-order valence-electron chi connectivity index (χ0n) is 11.4. The number of halogens is 1. The molecule has 0 radical (unpaired) electrons. The van der Waals surface area contributed by atoms with Gasteiger partial charge in [-0.25, -0.2) is 4.39 Å². The summed E-state index contributed by atoms with van der Waals surface area (Å²) in [5.41, 5.74) is 6.80. The molecule has 4 nitrogen and oxygen atoms in total. The Morgan fingerprint density at radius 2 is 2.16 bits per heavy atom. The summed E-state index contributed by atoms with van der Waals surface area (Å²) in [6, 6.07) is 6.51. The average Bonchev–Trinajstić information content (AvgIpc) is 2.61. The van der Waals surface area contributed by atoms with E-state index in [1.54, 1.807) is 6.07 Å². The van der Waals surface area contributed by atoms with Crippen molar-refractivity contribution in [1.82, 2.24) is 15.2 Å². The molecule has 0 aliphatic carbocycles. The maximum absolute atomic E-state index is 13.2. The number of nitrogens with one attached hydrogen (secondary N) is 1. The molecule has 1 unspecified atom stereocenters. The zero-order valence-corrected chi connectivity index (χ0v) is 11.4. The van der Waals surface area contributed by atoms with Gasteiger partial charge < -0.3 is 0 Å². The third-order valence-corrected chi connectivity index (χ3v) is 3.44. The van der Waals surface area contributed by atoms with Gasteiger partial charge in [-0.15, -0.1) is 0 Å². The second-order valence-corrected chi connectivity index (χ2v) is 4.76. The minimum atomic E-state index is -0.229. The van der Waals surface area contributed by atoms with Crippen LogP contribution in [-0.4, -0.2) is 9.78 Å². The van der Waals surface area contributed by atoms with Crippen LogP contribution in [0.15, 0.2) is 24.3 Å². The molecule has 1 aromatic carbocycles. The van der Waals surface area contributed by atoms with Crippen molar-refractivity contribution in [2.24, 2.45) is 12.9 Å². The Morgan fingerprint density at radius 3 is 2.68 bits per heavy atom. The van der Waals surface area contributed by atoms with E-state index in [1.165, 1.54) is 12.1 Å². The summed E-state index contributed by atoms with van der Waals surface area (Å²) in [5, 5.41) is 4.39. The first-order valence-corrected chi connectivity index (χ1v) is 6.23. The molecule has 0 fully saturated rings. The highest BCUT2D eigenvalue weighted by Gasteiger charge is 2.19. The van der Waals surface area contributed by atoms with E-state index in [0.717, 1.165) is 22.5 Å². The molecule has 0 aliphatic rings. The smallest absolute Gasteiger partial charge is 0.123 e. The second-order valence-electron chi connectivity index (χ2n) is 4.76. The molecule has 2 rings (SSSR count). The van der Waals surface area contributed by atoms with Crippen LogP contribution in [0.4, 0.5) is 4.39 Å².